The largest absolute Gasteiger partial charge is 0.463 e. The van der Waals surface area contributed by atoms with Gasteiger partial charge in [0, 0.05) is 32.1 Å². The van der Waals surface area contributed by atoms with Gasteiger partial charge in [0.15, 0.2) is 0 Å². The number of hydrogen-bond acceptors (Lipinski definition) is 5. The van der Waals surface area contributed by atoms with Crippen molar-refractivity contribution in [1.29, 1.82) is 0 Å². The van der Waals surface area contributed by atoms with Crippen LogP contribution in [0.4, 0.5) is 0 Å². The highest BCUT2D eigenvalue weighted by atomic mass is 16.5. The predicted molar refractivity (Wildman–Crippen MR) is 115 cm³/mol. The summed E-state index contributed by atoms with van der Waals surface area (Å²) in [7, 11) is 0. The molecule has 1 aliphatic carbocycles. The van der Waals surface area contributed by atoms with Crippen LogP contribution < -0.4 is 0 Å². The van der Waals surface area contributed by atoms with Gasteiger partial charge in [0.2, 0.25) is 0 Å². The maximum atomic E-state index is 13.3. The molecule has 5 atom stereocenters. The molecular weight excluding hydrogens is 380 g/mol. The van der Waals surface area contributed by atoms with Gasteiger partial charge in [0.05, 0.1) is 0 Å². The van der Waals surface area contributed by atoms with Gasteiger partial charge in [0.1, 0.15) is 23.5 Å². The minimum Gasteiger partial charge on any atom is -0.463 e. The Morgan fingerprint density at radius 1 is 1.00 bits per heavy atom. The van der Waals surface area contributed by atoms with E-state index in [9.17, 15) is 19.2 Å². The van der Waals surface area contributed by atoms with Crippen LogP contribution in [0.25, 0.3) is 0 Å². The van der Waals surface area contributed by atoms with E-state index in [0.29, 0.717) is 32.1 Å². The van der Waals surface area contributed by atoms with E-state index in [4.69, 9.17) is 4.74 Å². The molecule has 0 radical (unpaired) electrons. The van der Waals surface area contributed by atoms with E-state index in [1.54, 1.807) is 13.8 Å². The first-order valence-corrected chi connectivity index (χ1v) is 10.8. The van der Waals surface area contributed by atoms with E-state index < -0.39 is 0 Å². The van der Waals surface area contributed by atoms with Crippen LogP contribution in [0.1, 0.15) is 77.3 Å². The van der Waals surface area contributed by atoms with Crippen LogP contribution in [0.2, 0.25) is 0 Å². The van der Waals surface area contributed by atoms with Crippen molar-refractivity contribution < 1.29 is 23.9 Å². The van der Waals surface area contributed by atoms with E-state index in [1.165, 1.54) is 6.92 Å². The SMILES string of the molecule is CC(=O)Cc1ccc(C(C)CC(=O)C2C(C)CC(OC(C)=O)CC2CC(C)=O)cc1. The molecule has 0 aliphatic heterocycles. The molecular formula is C25H34O5. The standard InChI is InChI=1S/C25H34O5/c1-15(21-8-6-20(7-9-21)12-17(3)26)11-24(29)25-16(2)10-23(30-19(5)28)14-22(25)13-18(4)27/h6-9,15-16,22-23,25H,10-14H2,1-5H3. The van der Waals surface area contributed by atoms with E-state index in [2.05, 4.69) is 0 Å². The summed E-state index contributed by atoms with van der Waals surface area (Å²) in [5, 5.41) is 0. The third kappa shape index (κ3) is 6.89. The number of benzene rings is 1. The number of esters is 1. The summed E-state index contributed by atoms with van der Waals surface area (Å²) in [6, 6.07) is 7.88. The van der Waals surface area contributed by atoms with Gasteiger partial charge in [-0.05, 0) is 55.6 Å². The van der Waals surface area contributed by atoms with Crippen LogP contribution in [0.5, 0.6) is 0 Å². The first-order valence-electron chi connectivity index (χ1n) is 10.8. The van der Waals surface area contributed by atoms with Crippen molar-refractivity contribution in [3.05, 3.63) is 35.4 Å². The van der Waals surface area contributed by atoms with Gasteiger partial charge < -0.3 is 9.53 Å². The lowest BCUT2D eigenvalue weighted by molar-refractivity contribution is -0.151. The average Bonchev–Trinajstić information content (AvgIpc) is 2.60. The summed E-state index contributed by atoms with van der Waals surface area (Å²) in [6.45, 7) is 8.57. The Balaban J connectivity index is 2.09. The Labute approximate surface area is 179 Å². The topological polar surface area (TPSA) is 77.5 Å². The number of carbonyl (C=O) groups excluding carboxylic acids is 4. The Morgan fingerprint density at radius 3 is 2.17 bits per heavy atom. The average molecular weight is 415 g/mol. The molecule has 5 nitrogen and oxygen atoms in total. The molecule has 5 heteroatoms. The number of hydrogen-bond donors (Lipinski definition) is 0. The fourth-order valence-corrected chi connectivity index (χ4v) is 4.90. The Hall–Kier alpha value is -2.30. The molecule has 1 aliphatic rings. The Bertz CT molecular complexity index is 779. The third-order valence-electron chi connectivity index (χ3n) is 6.08. The molecule has 2 rings (SSSR count). The number of Topliss-reactive ketones (excluding diaryl/α,β-unsaturated/α-hetero) is 3. The van der Waals surface area contributed by atoms with Crippen LogP contribution in [-0.2, 0) is 30.3 Å². The van der Waals surface area contributed by atoms with E-state index >= 15 is 0 Å². The van der Waals surface area contributed by atoms with Gasteiger partial charge >= 0.3 is 5.97 Å². The van der Waals surface area contributed by atoms with E-state index in [0.717, 1.165) is 11.1 Å². The van der Waals surface area contributed by atoms with Gasteiger partial charge in [-0.2, -0.15) is 0 Å². The zero-order valence-electron chi connectivity index (χ0n) is 18.8. The van der Waals surface area contributed by atoms with Gasteiger partial charge in [-0.1, -0.05) is 38.1 Å². The first kappa shape index (κ1) is 24.0. The molecule has 5 unspecified atom stereocenters. The Morgan fingerprint density at radius 2 is 1.63 bits per heavy atom. The second-order valence-corrected chi connectivity index (χ2v) is 9.06. The van der Waals surface area contributed by atoms with Crippen molar-refractivity contribution in [2.45, 2.75) is 78.7 Å². The summed E-state index contributed by atoms with van der Waals surface area (Å²) < 4.78 is 5.40. The summed E-state index contributed by atoms with van der Waals surface area (Å²) in [5.41, 5.74) is 2.05. The smallest absolute Gasteiger partial charge is 0.302 e. The zero-order chi connectivity index (χ0) is 22.4. The number of ether oxygens (including phenoxy) is 1. The quantitative estimate of drug-likeness (QED) is 0.558. The molecule has 0 bridgehead atoms. The fraction of sp³-hybridized carbons (Fsp3) is 0.600. The number of ketones is 3. The highest BCUT2D eigenvalue weighted by molar-refractivity contribution is 5.84. The van der Waals surface area contributed by atoms with E-state index in [1.807, 2.05) is 38.1 Å². The van der Waals surface area contributed by atoms with Gasteiger partial charge in [-0.25, -0.2) is 0 Å². The summed E-state index contributed by atoms with van der Waals surface area (Å²) in [6.07, 6.45) is 2.16. The van der Waals surface area contributed by atoms with Crippen molar-refractivity contribution in [3.63, 3.8) is 0 Å². The second kappa shape index (κ2) is 10.6. The fourth-order valence-electron chi connectivity index (χ4n) is 4.90. The summed E-state index contributed by atoms with van der Waals surface area (Å²) >= 11 is 0. The summed E-state index contributed by atoms with van der Waals surface area (Å²) in [4.78, 5) is 47.7. The molecule has 0 heterocycles. The lowest BCUT2D eigenvalue weighted by Crippen LogP contribution is -2.41. The van der Waals surface area contributed by atoms with Crippen molar-refractivity contribution in [2.75, 3.05) is 0 Å². The normalized spacial score (nSPS) is 24.7. The van der Waals surface area contributed by atoms with Gasteiger partial charge in [-0.3, -0.25) is 14.4 Å². The molecule has 0 amide bonds. The molecule has 1 fully saturated rings. The monoisotopic (exact) mass is 414 g/mol. The molecule has 0 N–H and O–H groups in total. The molecule has 0 aromatic heterocycles. The van der Waals surface area contributed by atoms with Gasteiger partial charge in [0.25, 0.3) is 0 Å². The molecule has 0 spiro atoms. The maximum absolute atomic E-state index is 13.3. The molecule has 0 saturated heterocycles. The maximum Gasteiger partial charge on any atom is 0.302 e. The van der Waals surface area contributed by atoms with Gasteiger partial charge in [-0.15, -0.1) is 0 Å². The highest BCUT2D eigenvalue weighted by Crippen LogP contribution is 2.40. The first-order chi connectivity index (χ1) is 14.1. The molecule has 1 aromatic rings. The number of carbonyl (C=O) groups is 4. The molecule has 164 valence electrons. The van der Waals surface area contributed by atoms with Crippen LogP contribution in [0.15, 0.2) is 24.3 Å². The van der Waals surface area contributed by atoms with Crippen molar-refractivity contribution in [1.82, 2.24) is 0 Å². The molecule has 30 heavy (non-hydrogen) atoms. The highest BCUT2D eigenvalue weighted by Gasteiger charge is 2.41. The Kier molecular flexibility index (Phi) is 8.51. The lowest BCUT2D eigenvalue weighted by Gasteiger charge is -2.39. The van der Waals surface area contributed by atoms with Crippen molar-refractivity contribution in [3.8, 4) is 0 Å². The van der Waals surface area contributed by atoms with E-state index in [-0.39, 0.29) is 53.1 Å². The number of rotatable bonds is 9. The lowest BCUT2D eigenvalue weighted by atomic mass is 9.67. The van der Waals surface area contributed by atoms with Crippen LogP contribution in [-0.4, -0.2) is 29.4 Å². The zero-order valence-corrected chi connectivity index (χ0v) is 18.8. The minimum atomic E-state index is -0.319. The molecule has 1 aromatic carbocycles. The summed E-state index contributed by atoms with van der Waals surface area (Å²) in [5.74, 6) is -0.127. The van der Waals surface area contributed by atoms with Crippen LogP contribution >= 0.6 is 0 Å². The van der Waals surface area contributed by atoms with Crippen LogP contribution in [0.3, 0.4) is 0 Å². The van der Waals surface area contributed by atoms with Crippen molar-refractivity contribution >= 4 is 23.3 Å². The van der Waals surface area contributed by atoms with Crippen LogP contribution in [0, 0.1) is 17.8 Å². The second-order valence-electron chi connectivity index (χ2n) is 9.06. The molecule has 1 saturated carbocycles. The minimum absolute atomic E-state index is 0.0558. The third-order valence-corrected chi connectivity index (χ3v) is 6.08. The predicted octanol–water partition coefficient (Wildman–Crippen LogP) is 4.45. The van der Waals surface area contributed by atoms with Crippen molar-refractivity contribution in [2.24, 2.45) is 17.8 Å².